The molecule has 3 rings (SSSR count). The highest BCUT2D eigenvalue weighted by Crippen LogP contribution is 2.30. The number of rotatable bonds is 6. The van der Waals surface area contributed by atoms with Crippen molar-refractivity contribution < 1.29 is 9.59 Å². The van der Waals surface area contributed by atoms with Crippen LogP contribution >= 0.6 is 0 Å². The summed E-state index contributed by atoms with van der Waals surface area (Å²) in [4.78, 5) is 27.3. The van der Waals surface area contributed by atoms with E-state index in [1.807, 2.05) is 30.3 Å². The van der Waals surface area contributed by atoms with Crippen LogP contribution in [0.3, 0.4) is 0 Å². The van der Waals surface area contributed by atoms with Crippen LogP contribution in [0.15, 0.2) is 42.5 Å². The van der Waals surface area contributed by atoms with Gasteiger partial charge in [0.2, 0.25) is 11.8 Å². The molecule has 0 unspecified atom stereocenters. The Kier molecular flexibility index (Phi) is 5.94. The minimum atomic E-state index is -0.322. The van der Waals surface area contributed by atoms with Gasteiger partial charge in [0.25, 0.3) is 0 Å². The van der Waals surface area contributed by atoms with Gasteiger partial charge in [0.15, 0.2) is 0 Å². The van der Waals surface area contributed by atoms with E-state index in [4.69, 9.17) is 0 Å². The maximum atomic E-state index is 12.9. The van der Waals surface area contributed by atoms with Crippen LogP contribution in [-0.4, -0.2) is 18.4 Å². The Hall–Kier alpha value is -2.62. The summed E-state index contributed by atoms with van der Waals surface area (Å²) in [6, 6.07) is 14.1. The molecule has 0 bridgehead atoms. The summed E-state index contributed by atoms with van der Waals surface area (Å²) in [5.41, 5.74) is 5.27. The average molecular weight is 364 g/mol. The summed E-state index contributed by atoms with van der Waals surface area (Å²) < 4.78 is 0. The Morgan fingerprint density at radius 1 is 0.963 bits per heavy atom. The van der Waals surface area contributed by atoms with Gasteiger partial charge in [0.1, 0.15) is 0 Å². The fourth-order valence-corrected chi connectivity index (χ4v) is 3.82. The highest BCUT2D eigenvalue weighted by Gasteiger charge is 2.36. The molecule has 4 nitrogen and oxygen atoms in total. The highest BCUT2D eigenvalue weighted by atomic mass is 16.2. The highest BCUT2D eigenvalue weighted by molar-refractivity contribution is 6.04. The molecule has 0 aliphatic carbocycles. The minimum absolute atomic E-state index is 0.0236. The van der Waals surface area contributed by atoms with Crippen molar-refractivity contribution in [1.82, 2.24) is 0 Å². The van der Waals surface area contributed by atoms with E-state index < -0.39 is 0 Å². The molecule has 0 spiro atoms. The monoisotopic (exact) mass is 364 g/mol. The number of carbonyl (C=O) groups excluding carboxylic acids is 2. The van der Waals surface area contributed by atoms with Gasteiger partial charge in [0, 0.05) is 24.3 Å². The van der Waals surface area contributed by atoms with Crippen molar-refractivity contribution in [3.63, 3.8) is 0 Å². The van der Waals surface area contributed by atoms with Crippen LogP contribution in [0.1, 0.15) is 43.9 Å². The maximum absolute atomic E-state index is 12.9. The molecule has 0 saturated carbocycles. The molecule has 2 aromatic rings. The Morgan fingerprint density at radius 3 is 2.19 bits per heavy atom. The molecule has 1 atom stereocenters. The van der Waals surface area contributed by atoms with Crippen molar-refractivity contribution in [2.75, 3.05) is 16.8 Å². The van der Waals surface area contributed by atoms with Gasteiger partial charge < -0.3 is 10.2 Å². The Bertz CT molecular complexity index is 822. The first kappa shape index (κ1) is 19.2. The predicted molar refractivity (Wildman–Crippen MR) is 110 cm³/mol. The van der Waals surface area contributed by atoms with Gasteiger partial charge in [-0.3, -0.25) is 9.59 Å². The van der Waals surface area contributed by atoms with Gasteiger partial charge in [-0.2, -0.15) is 0 Å². The Labute approximate surface area is 161 Å². The van der Waals surface area contributed by atoms with E-state index in [1.165, 1.54) is 0 Å². The number of anilines is 2. The third-order valence-electron chi connectivity index (χ3n) is 5.41. The fraction of sp³-hybridized carbons (Fsp3) is 0.391. The van der Waals surface area contributed by atoms with Crippen molar-refractivity contribution >= 4 is 23.2 Å². The molecule has 1 heterocycles. The minimum Gasteiger partial charge on any atom is -0.325 e. The summed E-state index contributed by atoms with van der Waals surface area (Å²) >= 11 is 0. The number of hydrogen-bond donors (Lipinski definition) is 1. The molecule has 1 N–H and O–H groups in total. The quantitative estimate of drug-likeness (QED) is 0.828. The lowest BCUT2D eigenvalue weighted by Crippen LogP contribution is -2.29. The fourth-order valence-electron chi connectivity index (χ4n) is 3.82. The van der Waals surface area contributed by atoms with Crippen molar-refractivity contribution in [1.29, 1.82) is 0 Å². The Balaban J connectivity index is 1.79. The van der Waals surface area contributed by atoms with E-state index in [0.29, 0.717) is 6.54 Å². The van der Waals surface area contributed by atoms with Gasteiger partial charge in [-0.05, 0) is 42.0 Å². The summed E-state index contributed by atoms with van der Waals surface area (Å²) in [7, 11) is 0. The van der Waals surface area contributed by atoms with E-state index in [2.05, 4.69) is 38.2 Å². The van der Waals surface area contributed by atoms with E-state index in [0.717, 1.165) is 47.3 Å². The first-order valence-corrected chi connectivity index (χ1v) is 9.88. The number of nitrogens with one attached hydrogen (secondary N) is 1. The topological polar surface area (TPSA) is 49.4 Å². The van der Waals surface area contributed by atoms with Gasteiger partial charge in [-0.1, -0.05) is 57.2 Å². The molecule has 4 heteroatoms. The van der Waals surface area contributed by atoms with Gasteiger partial charge in [-0.25, -0.2) is 0 Å². The zero-order valence-corrected chi connectivity index (χ0v) is 16.4. The number of benzene rings is 2. The standard InChI is InChI=1S/C23H28N2O2/c1-4-16-10-7-8-13-20(16)25-15-19(14-21(25)26)23(27)24-22-17(5-2)11-9-12-18(22)6-3/h7-13,19H,4-6,14-15H2,1-3H3,(H,24,27)/t19-/m0/s1. The third-order valence-corrected chi connectivity index (χ3v) is 5.41. The number of amides is 2. The molecule has 1 aliphatic rings. The molecule has 142 valence electrons. The molecule has 2 amide bonds. The van der Waals surface area contributed by atoms with Crippen molar-refractivity contribution in [3.05, 3.63) is 59.2 Å². The molecule has 0 radical (unpaired) electrons. The van der Waals surface area contributed by atoms with Crippen molar-refractivity contribution in [3.8, 4) is 0 Å². The largest absolute Gasteiger partial charge is 0.325 e. The lowest BCUT2D eigenvalue weighted by atomic mass is 10.0. The second-order valence-electron chi connectivity index (χ2n) is 7.04. The van der Waals surface area contributed by atoms with Crippen LogP contribution in [-0.2, 0) is 28.9 Å². The zero-order valence-electron chi connectivity index (χ0n) is 16.4. The van der Waals surface area contributed by atoms with Gasteiger partial charge >= 0.3 is 0 Å². The summed E-state index contributed by atoms with van der Waals surface area (Å²) in [5.74, 6) is -0.358. The molecule has 1 fully saturated rings. The van der Waals surface area contributed by atoms with E-state index >= 15 is 0 Å². The predicted octanol–water partition coefficient (Wildman–Crippen LogP) is 4.37. The molecular weight excluding hydrogens is 336 g/mol. The summed E-state index contributed by atoms with van der Waals surface area (Å²) in [5, 5.41) is 3.13. The number of aryl methyl sites for hydroxylation is 3. The van der Waals surface area contributed by atoms with Crippen molar-refractivity contribution in [2.45, 2.75) is 46.5 Å². The molecule has 2 aromatic carbocycles. The normalized spacial score (nSPS) is 16.6. The first-order chi connectivity index (χ1) is 13.1. The summed E-state index contributed by atoms with van der Waals surface area (Å²) in [6.45, 7) is 6.70. The van der Waals surface area contributed by atoms with Crippen LogP contribution in [0, 0.1) is 5.92 Å². The van der Waals surface area contributed by atoms with Crippen LogP contribution < -0.4 is 10.2 Å². The van der Waals surface area contributed by atoms with E-state index in [9.17, 15) is 9.59 Å². The van der Waals surface area contributed by atoms with Crippen LogP contribution in [0.2, 0.25) is 0 Å². The van der Waals surface area contributed by atoms with Crippen LogP contribution in [0.5, 0.6) is 0 Å². The molecule has 1 saturated heterocycles. The second-order valence-corrected chi connectivity index (χ2v) is 7.04. The maximum Gasteiger partial charge on any atom is 0.229 e. The van der Waals surface area contributed by atoms with E-state index in [-0.39, 0.29) is 24.2 Å². The number of hydrogen-bond acceptors (Lipinski definition) is 2. The number of para-hydroxylation sites is 2. The van der Waals surface area contributed by atoms with Crippen LogP contribution in [0.4, 0.5) is 11.4 Å². The van der Waals surface area contributed by atoms with Crippen LogP contribution in [0.25, 0.3) is 0 Å². The lowest BCUT2D eigenvalue weighted by molar-refractivity contribution is -0.122. The molecule has 0 aromatic heterocycles. The van der Waals surface area contributed by atoms with Crippen molar-refractivity contribution in [2.24, 2.45) is 5.92 Å². The van der Waals surface area contributed by atoms with Gasteiger partial charge in [-0.15, -0.1) is 0 Å². The lowest BCUT2D eigenvalue weighted by Gasteiger charge is -2.20. The zero-order chi connectivity index (χ0) is 19.4. The third kappa shape index (κ3) is 3.90. The van der Waals surface area contributed by atoms with Gasteiger partial charge in [0.05, 0.1) is 5.92 Å². The number of nitrogens with zero attached hydrogens (tertiary/aromatic N) is 1. The molecule has 1 aliphatic heterocycles. The first-order valence-electron chi connectivity index (χ1n) is 9.88. The summed E-state index contributed by atoms with van der Waals surface area (Å²) in [6.07, 6.45) is 2.85. The number of carbonyl (C=O) groups is 2. The molecular formula is C23H28N2O2. The Morgan fingerprint density at radius 2 is 1.56 bits per heavy atom. The van der Waals surface area contributed by atoms with E-state index in [1.54, 1.807) is 4.90 Å². The molecule has 27 heavy (non-hydrogen) atoms. The smallest absolute Gasteiger partial charge is 0.229 e. The SMILES string of the molecule is CCc1ccccc1N1C[C@@H](C(=O)Nc2c(CC)cccc2CC)CC1=O. The second kappa shape index (κ2) is 8.38. The average Bonchev–Trinajstić information content (AvgIpc) is 3.09.